The SMILES string of the molecule is O=C(O)C1CCC(COc2cccc(F)c2F)CC1. The van der Waals surface area contributed by atoms with Gasteiger partial charge in [0.05, 0.1) is 12.5 Å². The first kappa shape index (κ1) is 13.8. The molecule has 1 aliphatic carbocycles. The number of carboxylic acids is 1. The third kappa shape index (κ3) is 3.43. The molecule has 1 N–H and O–H groups in total. The van der Waals surface area contributed by atoms with Crippen molar-refractivity contribution in [3.63, 3.8) is 0 Å². The lowest BCUT2D eigenvalue weighted by molar-refractivity contribution is -0.143. The minimum atomic E-state index is -0.971. The van der Waals surface area contributed by atoms with Crippen molar-refractivity contribution >= 4 is 5.97 Å². The van der Waals surface area contributed by atoms with Crippen LogP contribution < -0.4 is 4.74 Å². The third-order valence-electron chi connectivity index (χ3n) is 3.59. The Hall–Kier alpha value is -1.65. The standard InChI is InChI=1S/C14H16F2O3/c15-11-2-1-3-12(13(11)16)19-8-9-4-6-10(7-5-9)14(17)18/h1-3,9-10H,4-8H2,(H,17,18). The minimum absolute atomic E-state index is 0.0830. The Kier molecular flexibility index (Phi) is 4.35. The quantitative estimate of drug-likeness (QED) is 0.913. The van der Waals surface area contributed by atoms with Crippen LogP contribution in [0, 0.1) is 23.5 Å². The lowest BCUT2D eigenvalue weighted by Crippen LogP contribution is -2.24. The number of carboxylic acid groups (broad SMARTS) is 1. The molecule has 3 nitrogen and oxygen atoms in total. The molecule has 1 aliphatic rings. The molecule has 2 rings (SSSR count). The molecule has 0 spiro atoms. The van der Waals surface area contributed by atoms with E-state index in [1.54, 1.807) is 0 Å². The normalized spacial score (nSPS) is 23.1. The smallest absolute Gasteiger partial charge is 0.306 e. The maximum atomic E-state index is 13.3. The van der Waals surface area contributed by atoms with Crippen LogP contribution in [0.2, 0.25) is 0 Å². The second-order valence-electron chi connectivity index (χ2n) is 4.92. The van der Waals surface area contributed by atoms with E-state index in [2.05, 4.69) is 0 Å². The molecule has 0 heterocycles. The van der Waals surface area contributed by atoms with Gasteiger partial charge < -0.3 is 9.84 Å². The van der Waals surface area contributed by atoms with Gasteiger partial charge in [-0.05, 0) is 43.7 Å². The second-order valence-corrected chi connectivity index (χ2v) is 4.92. The highest BCUT2D eigenvalue weighted by Gasteiger charge is 2.26. The molecule has 0 aliphatic heterocycles. The van der Waals surface area contributed by atoms with Crippen LogP contribution in [0.3, 0.4) is 0 Å². The molecule has 0 saturated heterocycles. The van der Waals surface area contributed by atoms with Gasteiger partial charge in [0, 0.05) is 0 Å². The molecule has 19 heavy (non-hydrogen) atoms. The van der Waals surface area contributed by atoms with Crippen molar-refractivity contribution in [1.82, 2.24) is 0 Å². The monoisotopic (exact) mass is 270 g/mol. The summed E-state index contributed by atoms with van der Waals surface area (Å²) in [6.07, 6.45) is 2.73. The molecular formula is C14H16F2O3. The molecule has 0 unspecified atom stereocenters. The van der Waals surface area contributed by atoms with Crippen LogP contribution in [0.4, 0.5) is 8.78 Å². The van der Waals surface area contributed by atoms with E-state index in [9.17, 15) is 13.6 Å². The van der Waals surface area contributed by atoms with Crippen molar-refractivity contribution in [3.05, 3.63) is 29.8 Å². The third-order valence-corrected chi connectivity index (χ3v) is 3.59. The average Bonchev–Trinajstić information content (AvgIpc) is 2.41. The summed E-state index contributed by atoms with van der Waals surface area (Å²) in [6.45, 7) is 0.298. The van der Waals surface area contributed by atoms with Gasteiger partial charge in [0.2, 0.25) is 5.82 Å². The van der Waals surface area contributed by atoms with Gasteiger partial charge in [-0.1, -0.05) is 6.07 Å². The van der Waals surface area contributed by atoms with E-state index in [4.69, 9.17) is 9.84 Å². The topological polar surface area (TPSA) is 46.5 Å². The summed E-state index contributed by atoms with van der Waals surface area (Å²) in [5, 5.41) is 8.88. The Labute approximate surface area is 110 Å². The first-order valence-electron chi connectivity index (χ1n) is 6.37. The summed E-state index contributed by atoms with van der Waals surface area (Å²) in [5.74, 6) is -2.80. The van der Waals surface area contributed by atoms with Crippen molar-refractivity contribution < 1.29 is 23.4 Å². The summed E-state index contributed by atoms with van der Waals surface area (Å²) in [6, 6.07) is 3.83. The number of ether oxygens (including phenoxy) is 1. The van der Waals surface area contributed by atoms with E-state index in [-0.39, 0.29) is 17.6 Å². The zero-order chi connectivity index (χ0) is 13.8. The molecule has 5 heteroatoms. The fourth-order valence-corrected chi connectivity index (χ4v) is 2.38. The number of aliphatic carboxylic acids is 1. The molecule has 0 bridgehead atoms. The van der Waals surface area contributed by atoms with Crippen molar-refractivity contribution in [3.8, 4) is 5.75 Å². The van der Waals surface area contributed by atoms with E-state index in [0.29, 0.717) is 19.4 Å². The molecule has 1 aromatic rings. The molecule has 1 saturated carbocycles. The summed E-state index contributed by atoms with van der Waals surface area (Å²) < 4.78 is 31.6. The van der Waals surface area contributed by atoms with Gasteiger partial charge in [0.25, 0.3) is 0 Å². The van der Waals surface area contributed by atoms with Gasteiger partial charge in [0.1, 0.15) is 0 Å². The molecular weight excluding hydrogens is 254 g/mol. The zero-order valence-electron chi connectivity index (χ0n) is 10.4. The Morgan fingerprint density at radius 1 is 1.26 bits per heavy atom. The molecule has 1 fully saturated rings. The molecule has 0 radical (unpaired) electrons. The van der Waals surface area contributed by atoms with Crippen LogP contribution in [-0.2, 0) is 4.79 Å². The molecule has 0 amide bonds. The molecule has 1 aromatic carbocycles. The maximum absolute atomic E-state index is 13.3. The first-order valence-corrected chi connectivity index (χ1v) is 6.37. The fourth-order valence-electron chi connectivity index (χ4n) is 2.38. The Balaban J connectivity index is 1.84. The second kappa shape index (κ2) is 5.99. The van der Waals surface area contributed by atoms with Crippen molar-refractivity contribution in [2.24, 2.45) is 11.8 Å². The predicted octanol–water partition coefficient (Wildman–Crippen LogP) is 3.23. The van der Waals surface area contributed by atoms with E-state index >= 15 is 0 Å². The van der Waals surface area contributed by atoms with E-state index in [1.807, 2.05) is 0 Å². The van der Waals surface area contributed by atoms with E-state index in [0.717, 1.165) is 18.9 Å². The Morgan fingerprint density at radius 2 is 1.95 bits per heavy atom. The summed E-state index contributed by atoms with van der Waals surface area (Å²) in [7, 11) is 0. The molecule has 0 aromatic heterocycles. The van der Waals surface area contributed by atoms with Crippen LogP contribution in [0.1, 0.15) is 25.7 Å². The van der Waals surface area contributed by atoms with Gasteiger partial charge in [-0.3, -0.25) is 4.79 Å². The van der Waals surface area contributed by atoms with Gasteiger partial charge in [-0.2, -0.15) is 4.39 Å². The number of benzene rings is 1. The molecule has 0 atom stereocenters. The van der Waals surface area contributed by atoms with Gasteiger partial charge in [-0.25, -0.2) is 4.39 Å². The number of carbonyl (C=O) groups is 1. The average molecular weight is 270 g/mol. The zero-order valence-corrected chi connectivity index (χ0v) is 10.4. The lowest BCUT2D eigenvalue weighted by atomic mass is 9.82. The van der Waals surface area contributed by atoms with E-state index in [1.165, 1.54) is 12.1 Å². The number of hydrogen-bond donors (Lipinski definition) is 1. The highest BCUT2D eigenvalue weighted by Crippen LogP contribution is 2.30. The Bertz CT molecular complexity index is 454. The number of rotatable bonds is 4. The van der Waals surface area contributed by atoms with Crippen LogP contribution in [0.5, 0.6) is 5.75 Å². The maximum Gasteiger partial charge on any atom is 0.306 e. The van der Waals surface area contributed by atoms with E-state index < -0.39 is 17.6 Å². The van der Waals surface area contributed by atoms with Gasteiger partial charge in [-0.15, -0.1) is 0 Å². The van der Waals surface area contributed by atoms with Crippen molar-refractivity contribution in [1.29, 1.82) is 0 Å². The number of halogens is 2. The lowest BCUT2D eigenvalue weighted by Gasteiger charge is -2.26. The summed E-state index contributed by atoms with van der Waals surface area (Å²) in [4.78, 5) is 10.8. The predicted molar refractivity (Wildman–Crippen MR) is 64.9 cm³/mol. The first-order chi connectivity index (χ1) is 9.08. The van der Waals surface area contributed by atoms with Crippen molar-refractivity contribution in [2.75, 3.05) is 6.61 Å². The minimum Gasteiger partial charge on any atom is -0.490 e. The van der Waals surface area contributed by atoms with Gasteiger partial charge in [0.15, 0.2) is 11.6 Å². The van der Waals surface area contributed by atoms with Crippen LogP contribution in [0.15, 0.2) is 18.2 Å². The van der Waals surface area contributed by atoms with Crippen LogP contribution >= 0.6 is 0 Å². The van der Waals surface area contributed by atoms with Gasteiger partial charge >= 0.3 is 5.97 Å². The van der Waals surface area contributed by atoms with Crippen LogP contribution in [0.25, 0.3) is 0 Å². The summed E-state index contributed by atoms with van der Waals surface area (Å²) in [5.41, 5.74) is 0. The highest BCUT2D eigenvalue weighted by molar-refractivity contribution is 5.69. The summed E-state index contributed by atoms with van der Waals surface area (Å²) >= 11 is 0. The van der Waals surface area contributed by atoms with Crippen LogP contribution in [-0.4, -0.2) is 17.7 Å². The largest absolute Gasteiger partial charge is 0.490 e. The Morgan fingerprint density at radius 3 is 2.58 bits per heavy atom. The van der Waals surface area contributed by atoms with Crippen molar-refractivity contribution in [2.45, 2.75) is 25.7 Å². The fraction of sp³-hybridized carbons (Fsp3) is 0.500. The molecule has 104 valence electrons. The highest BCUT2D eigenvalue weighted by atomic mass is 19.2. The number of hydrogen-bond acceptors (Lipinski definition) is 2.